The Morgan fingerprint density at radius 3 is 2.67 bits per heavy atom. The molecular formula is C16H21N3O2. The smallest absolute Gasteiger partial charge is 0.257 e. The molecule has 0 aliphatic heterocycles. The molecule has 5 nitrogen and oxygen atoms in total. The molecule has 112 valence electrons. The predicted molar refractivity (Wildman–Crippen MR) is 81.0 cm³/mol. The minimum atomic E-state index is -0.0836. The van der Waals surface area contributed by atoms with E-state index in [-0.39, 0.29) is 12.5 Å². The number of hydrogen-bond acceptors (Lipinski definition) is 3. The third-order valence-corrected chi connectivity index (χ3v) is 3.37. The lowest BCUT2D eigenvalue weighted by Gasteiger charge is -2.21. The SMILES string of the molecule is CCn1cc(C(=O)N(CCO)CCc2ccccc2)cn1. The van der Waals surface area contributed by atoms with Gasteiger partial charge in [-0.3, -0.25) is 9.48 Å². The van der Waals surface area contributed by atoms with Gasteiger partial charge in [-0.2, -0.15) is 5.10 Å². The van der Waals surface area contributed by atoms with Gasteiger partial charge in [0, 0.05) is 25.8 Å². The van der Waals surface area contributed by atoms with Gasteiger partial charge in [-0.25, -0.2) is 0 Å². The first-order valence-corrected chi connectivity index (χ1v) is 7.21. The van der Waals surface area contributed by atoms with Gasteiger partial charge in [0.2, 0.25) is 0 Å². The van der Waals surface area contributed by atoms with Crippen LogP contribution in [0.1, 0.15) is 22.8 Å². The maximum atomic E-state index is 12.4. The third-order valence-electron chi connectivity index (χ3n) is 3.37. The van der Waals surface area contributed by atoms with Crippen LogP contribution in [0.2, 0.25) is 0 Å². The van der Waals surface area contributed by atoms with Crippen molar-refractivity contribution >= 4 is 5.91 Å². The van der Waals surface area contributed by atoms with E-state index in [2.05, 4.69) is 5.10 Å². The summed E-state index contributed by atoms with van der Waals surface area (Å²) in [5, 5.41) is 13.3. The summed E-state index contributed by atoms with van der Waals surface area (Å²) in [6.45, 7) is 3.59. The molecule has 0 aliphatic rings. The molecule has 1 N–H and O–H groups in total. The number of benzene rings is 1. The van der Waals surface area contributed by atoms with Crippen LogP contribution in [0, 0.1) is 0 Å². The highest BCUT2D eigenvalue weighted by atomic mass is 16.3. The van der Waals surface area contributed by atoms with E-state index < -0.39 is 0 Å². The molecule has 0 unspecified atom stereocenters. The lowest BCUT2D eigenvalue weighted by molar-refractivity contribution is 0.0724. The Morgan fingerprint density at radius 1 is 1.29 bits per heavy atom. The Morgan fingerprint density at radius 2 is 2.05 bits per heavy atom. The van der Waals surface area contributed by atoms with Crippen LogP contribution < -0.4 is 0 Å². The van der Waals surface area contributed by atoms with Crippen molar-refractivity contribution in [3.63, 3.8) is 0 Å². The van der Waals surface area contributed by atoms with Crippen LogP contribution >= 0.6 is 0 Å². The van der Waals surface area contributed by atoms with Crippen molar-refractivity contribution in [2.45, 2.75) is 19.9 Å². The molecule has 0 aliphatic carbocycles. The molecule has 1 heterocycles. The number of hydrogen-bond donors (Lipinski definition) is 1. The summed E-state index contributed by atoms with van der Waals surface area (Å²) in [6, 6.07) is 10.0. The van der Waals surface area contributed by atoms with Gasteiger partial charge in [-0.15, -0.1) is 0 Å². The second kappa shape index (κ2) is 7.59. The van der Waals surface area contributed by atoms with Gasteiger partial charge in [-0.1, -0.05) is 30.3 Å². The summed E-state index contributed by atoms with van der Waals surface area (Å²) in [6.07, 6.45) is 4.10. The molecule has 21 heavy (non-hydrogen) atoms. The Hall–Kier alpha value is -2.14. The van der Waals surface area contributed by atoms with Crippen molar-refractivity contribution in [2.75, 3.05) is 19.7 Å². The van der Waals surface area contributed by atoms with Gasteiger partial charge in [0.25, 0.3) is 5.91 Å². The van der Waals surface area contributed by atoms with Crippen molar-refractivity contribution in [2.24, 2.45) is 0 Å². The van der Waals surface area contributed by atoms with Crippen LogP contribution in [0.5, 0.6) is 0 Å². The van der Waals surface area contributed by atoms with Crippen molar-refractivity contribution in [3.05, 3.63) is 53.9 Å². The maximum absolute atomic E-state index is 12.4. The predicted octanol–water partition coefficient (Wildman–Crippen LogP) is 1.58. The molecule has 0 bridgehead atoms. The van der Waals surface area contributed by atoms with E-state index in [1.807, 2.05) is 37.3 Å². The van der Waals surface area contributed by atoms with Crippen LogP contribution in [0.25, 0.3) is 0 Å². The minimum Gasteiger partial charge on any atom is -0.395 e. The standard InChI is InChI=1S/C16H21N3O2/c1-2-19-13-15(12-17-19)16(21)18(10-11-20)9-8-14-6-4-3-5-7-14/h3-7,12-13,20H,2,8-11H2,1H3. The number of rotatable bonds is 7. The quantitative estimate of drug-likeness (QED) is 0.841. The summed E-state index contributed by atoms with van der Waals surface area (Å²) in [5.41, 5.74) is 1.75. The van der Waals surface area contributed by atoms with Crippen molar-refractivity contribution in [1.82, 2.24) is 14.7 Å². The highest BCUT2D eigenvalue weighted by Crippen LogP contribution is 2.07. The molecule has 0 saturated carbocycles. The topological polar surface area (TPSA) is 58.4 Å². The first-order chi connectivity index (χ1) is 10.2. The van der Waals surface area contributed by atoms with Crippen molar-refractivity contribution < 1.29 is 9.90 Å². The molecule has 0 radical (unpaired) electrons. The fraction of sp³-hybridized carbons (Fsp3) is 0.375. The van der Waals surface area contributed by atoms with Gasteiger partial charge < -0.3 is 10.0 Å². The number of nitrogens with zero attached hydrogens (tertiary/aromatic N) is 3. The lowest BCUT2D eigenvalue weighted by atomic mass is 10.1. The highest BCUT2D eigenvalue weighted by molar-refractivity contribution is 5.93. The highest BCUT2D eigenvalue weighted by Gasteiger charge is 2.16. The Balaban J connectivity index is 2.02. The Bertz CT molecular complexity index is 566. The third kappa shape index (κ3) is 4.16. The molecule has 2 aromatic rings. The Labute approximate surface area is 124 Å². The average Bonchev–Trinajstić information content (AvgIpc) is 3.01. The van der Waals surface area contributed by atoms with Crippen LogP contribution in [-0.4, -0.2) is 45.4 Å². The zero-order valence-electron chi connectivity index (χ0n) is 12.3. The zero-order valence-corrected chi connectivity index (χ0v) is 12.3. The molecule has 0 spiro atoms. The molecule has 1 aromatic carbocycles. The second-order valence-corrected chi connectivity index (χ2v) is 4.84. The maximum Gasteiger partial charge on any atom is 0.257 e. The number of aliphatic hydroxyl groups excluding tert-OH is 1. The molecular weight excluding hydrogens is 266 g/mol. The molecule has 5 heteroatoms. The molecule has 2 rings (SSSR count). The molecule has 1 amide bonds. The van der Waals surface area contributed by atoms with Gasteiger partial charge in [0.1, 0.15) is 0 Å². The monoisotopic (exact) mass is 287 g/mol. The van der Waals surface area contributed by atoms with E-state index >= 15 is 0 Å². The van der Waals surface area contributed by atoms with E-state index in [0.717, 1.165) is 13.0 Å². The van der Waals surface area contributed by atoms with Crippen LogP contribution in [0.4, 0.5) is 0 Å². The molecule has 1 aromatic heterocycles. The zero-order chi connectivity index (χ0) is 15.1. The van der Waals surface area contributed by atoms with E-state index in [9.17, 15) is 4.79 Å². The first-order valence-electron chi connectivity index (χ1n) is 7.21. The van der Waals surface area contributed by atoms with Crippen molar-refractivity contribution in [3.8, 4) is 0 Å². The number of carbonyl (C=O) groups excluding carboxylic acids is 1. The van der Waals surface area contributed by atoms with Gasteiger partial charge in [0.15, 0.2) is 0 Å². The minimum absolute atomic E-state index is 0.0392. The normalized spacial score (nSPS) is 10.6. The lowest BCUT2D eigenvalue weighted by Crippen LogP contribution is -2.35. The van der Waals surface area contributed by atoms with Crippen molar-refractivity contribution in [1.29, 1.82) is 0 Å². The number of aromatic nitrogens is 2. The van der Waals surface area contributed by atoms with E-state index in [0.29, 0.717) is 18.7 Å². The molecule has 0 fully saturated rings. The summed E-state index contributed by atoms with van der Waals surface area (Å²) < 4.78 is 1.72. The average molecular weight is 287 g/mol. The van der Waals surface area contributed by atoms with E-state index in [1.54, 1.807) is 22.0 Å². The summed E-state index contributed by atoms with van der Waals surface area (Å²) in [5.74, 6) is -0.0836. The van der Waals surface area contributed by atoms with Crippen LogP contribution in [0.15, 0.2) is 42.7 Å². The van der Waals surface area contributed by atoms with Gasteiger partial charge in [-0.05, 0) is 18.9 Å². The van der Waals surface area contributed by atoms with Crippen LogP contribution in [-0.2, 0) is 13.0 Å². The van der Waals surface area contributed by atoms with E-state index in [1.165, 1.54) is 5.56 Å². The molecule has 0 atom stereocenters. The largest absolute Gasteiger partial charge is 0.395 e. The van der Waals surface area contributed by atoms with Gasteiger partial charge in [0.05, 0.1) is 18.4 Å². The van der Waals surface area contributed by atoms with Gasteiger partial charge >= 0.3 is 0 Å². The first kappa shape index (κ1) is 15.3. The summed E-state index contributed by atoms with van der Waals surface area (Å²) >= 11 is 0. The number of amides is 1. The number of aryl methyl sites for hydroxylation is 1. The summed E-state index contributed by atoms with van der Waals surface area (Å²) in [7, 11) is 0. The Kier molecular flexibility index (Phi) is 5.51. The molecule has 0 saturated heterocycles. The number of aliphatic hydroxyl groups is 1. The van der Waals surface area contributed by atoms with E-state index in [4.69, 9.17) is 5.11 Å². The second-order valence-electron chi connectivity index (χ2n) is 4.84. The fourth-order valence-corrected chi connectivity index (χ4v) is 2.17. The number of carbonyl (C=O) groups is 1. The van der Waals surface area contributed by atoms with Crippen LogP contribution in [0.3, 0.4) is 0 Å². The fourth-order valence-electron chi connectivity index (χ4n) is 2.17. The summed E-state index contributed by atoms with van der Waals surface area (Å²) in [4.78, 5) is 14.1.